The minimum atomic E-state index is -0.935. The summed E-state index contributed by atoms with van der Waals surface area (Å²) in [6.45, 7) is 1.99. The molecule has 2 unspecified atom stereocenters. The van der Waals surface area contributed by atoms with Gasteiger partial charge in [0.2, 0.25) is 0 Å². The molecule has 1 fully saturated rings. The first-order valence-electron chi connectivity index (χ1n) is 7.12. The van der Waals surface area contributed by atoms with Crippen LogP contribution in [0.25, 0.3) is 0 Å². The summed E-state index contributed by atoms with van der Waals surface area (Å²) in [5.41, 5.74) is 3.02. The number of nitrogens with one attached hydrogen (secondary N) is 2. The summed E-state index contributed by atoms with van der Waals surface area (Å²) in [6.07, 6.45) is 0.204. The van der Waals surface area contributed by atoms with Gasteiger partial charge in [-0.2, -0.15) is 0 Å². The van der Waals surface area contributed by atoms with Gasteiger partial charge in [-0.1, -0.05) is 6.07 Å². The van der Waals surface area contributed by atoms with Gasteiger partial charge in [-0.15, -0.1) is 0 Å². The normalized spacial score (nSPS) is 23.8. The van der Waals surface area contributed by atoms with Crippen LogP contribution in [0.5, 0.6) is 0 Å². The molecule has 112 valence electrons. The van der Waals surface area contributed by atoms with Crippen LogP contribution in [-0.2, 0) is 22.6 Å². The van der Waals surface area contributed by atoms with E-state index in [2.05, 4.69) is 10.6 Å². The van der Waals surface area contributed by atoms with Crippen molar-refractivity contribution >= 4 is 11.9 Å². The van der Waals surface area contributed by atoms with Gasteiger partial charge in [0.15, 0.2) is 6.10 Å². The minimum Gasteiger partial charge on any atom is -0.479 e. The number of hydrogen-bond acceptors (Lipinski definition) is 4. The maximum atomic E-state index is 12.1. The molecule has 1 saturated heterocycles. The van der Waals surface area contributed by atoms with Gasteiger partial charge >= 0.3 is 5.97 Å². The highest BCUT2D eigenvalue weighted by molar-refractivity contribution is 5.94. The Morgan fingerprint density at radius 1 is 1.29 bits per heavy atom. The second kappa shape index (κ2) is 5.83. The molecule has 0 saturated carbocycles. The van der Waals surface area contributed by atoms with Crippen LogP contribution < -0.4 is 10.6 Å². The van der Waals surface area contributed by atoms with Gasteiger partial charge in [0.25, 0.3) is 5.91 Å². The zero-order chi connectivity index (χ0) is 14.8. The number of aliphatic carboxylic acids is 1. The van der Waals surface area contributed by atoms with Crippen molar-refractivity contribution in [2.45, 2.75) is 38.1 Å². The van der Waals surface area contributed by atoms with Crippen molar-refractivity contribution in [2.75, 3.05) is 6.54 Å². The van der Waals surface area contributed by atoms with Crippen molar-refractivity contribution in [1.82, 2.24) is 10.6 Å². The van der Waals surface area contributed by atoms with E-state index in [1.54, 1.807) is 0 Å². The fourth-order valence-corrected chi connectivity index (χ4v) is 2.78. The van der Waals surface area contributed by atoms with E-state index in [0.717, 1.165) is 18.7 Å². The molecule has 0 bridgehead atoms. The minimum absolute atomic E-state index is 0.146. The van der Waals surface area contributed by atoms with E-state index in [4.69, 9.17) is 9.84 Å². The van der Waals surface area contributed by atoms with Gasteiger partial charge in [-0.25, -0.2) is 4.79 Å². The number of carbonyl (C=O) groups is 2. The average Bonchev–Trinajstić information content (AvgIpc) is 3.12. The van der Waals surface area contributed by atoms with Crippen LogP contribution >= 0.6 is 0 Å². The predicted molar refractivity (Wildman–Crippen MR) is 74.8 cm³/mol. The fraction of sp³-hybridized carbons (Fsp3) is 0.467. The maximum absolute atomic E-state index is 12.1. The first-order chi connectivity index (χ1) is 10.1. The maximum Gasteiger partial charge on any atom is 0.332 e. The van der Waals surface area contributed by atoms with Crippen LogP contribution in [0.3, 0.4) is 0 Å². The summed E-state index contributed by atoms with van der Waals surface area (Å²) in [4.78, 5) is 22.9. The summed E-state index contributed by atoms with van der Waals surface area (Å²) < 4.78 is 5.36. The smallest absolute Gasteiger partial charge is 0.332 e. The molecule has 21 heavy (non-hydrogen) atoms. The molecular formula is C15H18N2O4. The van der Waals surface area contributed by atoms with Crippen LogP contribution in [0.15, 0.2) is 18.2 Å². The molecule has 3 N–H and O–H groups in total. The number of carbonyl (C=O) groups excluding carboxylic acids is 1. The monoisotopic (exact) mass is 290 g/mol. The van der Waals surface area contributed by atoms with Gasteiger partial charge < -0.3 is 20.5 Å². The van der Waals surface area contributed by atoms with Crippen LogP contribution in [-0.4, -0.2) is 35.7 Å². The van der Waals surface area contributed by atoms with Crippen molar-refractivity contribution < 1.29 is 19.4 Å². The number of ether oxygens (including phenoxy) is 1. The Kier molecular flexibility index (Phi) is 3.90. The van der Waals surface area contributed by atoms with Gasteiger partial charge in [-0.05, 0) is 36.1 Å². The van der Waals surface area contributed by atoms with E-state index in [0.29, 0.717) is 24.9 Å². The number of fused-ring (bicyclic) bond motifs is 1. The highest BCUT2D eigenvalue weighted by atomic mass is 16.5. The number of hydrogen-bond donors (Lipinski definition) is 3. The molecule has 0 aromatic heterocycles. The van der Waals surface area contributed by atoms with E-state index >= 15 is 0 Å². The van der Waals surface area contributed by atoms with Crippen molar-refractivity contribution in [1.29, 1.82) is 0 Å². The number of carboxylic acid groups (broad SMARTS) is 1. The Morgan fingerprint density at radius 2 is 2.10 bits per heavy atom. The highest BCUT2D eigenvalue weighted by Crippen LogP contribution is 2.20. The molecule has 2 atom stereocenters. The predicted octanol–water partition coefficient (Wildman–Crippen LogP) is 0.652. The molecule has 1 aromatic rings. The third-order valence-electron chi connectivity index (χ3n) is 3.97. The second-order valence-corrected chi connectivity index (χ2v) is 5.46. The van der Waals surface area contributed by atoms with Gasteiger partial charge in [-0.3, -0.25) is 4.79 Å². The molecule has 1 amide bonds. The molecule has 2 aliphatic rings. The standard InChI is InChI=1S/C15H18N2O4/c18-14(9-1-2-10-6-16-7-11(10)5-9)17-8-12-3-4-13(21-12)15(19)20/h1-2,5,12-13,16H,3-4,6-8H2,(H,17,18)(H,19,20). The number of benzene rings is 1. The van der Waals surface area contributed by atoms with Crippen LogP contribution in [0.2, 0.25) is 0 Å². The third kappa shape index (κ3) is 3.06. The lowest BCUT2D eigenvalue weighted by atomic mass is 10.1. The summed E-state index contributed by atoms with van der Waals surface area (Å²) in [5.74, 6) is -1.08. The molecule has 0 spiro atoms. The Labute approximate surface area is 122 Å². The van der Waals surface area contributed by atoms with E-state index in [9.17, 15) is 9.59 Å². The van der Waals surface area contributed by atoms with Crippen molar-refractivity contribution in [3.05, 3.63) is 34.9 Å². The SMILES string of the molecule is O=C(NCC1CCC(C(=O)O)O1)c1ccc2c(c1)CNC2. The van der Waals surface area contributed by atoms with Gasteiger partial charge in [0.1, 0.15) is 0 Å². The summed E-state index contributed by atoms with van der Waals surface area (Å²) >= 11 is 0. The van der Waals surface area contributed by atoms with E-state index in [1.165, 1.54) is 5.56 Å². The quantitative estimate of drug-likeness (QED) is 0.758. The van der Waals surface area contributed by atoms with Crippen molar-refractivity contribution in [3.8, 4) is 0 Å². The van der Waals surface area contributed by atoms with Gasteiger partial charge in [0.05, 0.1) is 6.10 Å². The van der Waals surface area contributed by atoms with Crippen LogP contribution in [0.1, 0.15) is 34.3 Å². The number of carboxylic acids is 1. The molecule has 1 aromatic carbocycles. The Balaban J connectivity index is 1.54. The highest BCUT2D eigenvalue weighted by Gasteiger charge is 2.30. The lowest BCUT2D eigenvalue weighted by Gasteiger charge is -2.12. The molecule has 0 radical (unpaired) electrons. The van der Waals surface area contributed by atoms with E-state index in [-0.39, 0.29) is 12.0 Å². The van der Waals surface area contributed by atoms with E-state index < -0.39 is 12.1 Å². The number of amides is 1. The molecular weight excluding hydrogens is 272 g/mol. The first kappa shape index (κ1) is 14.0. The molecule has 0 aliphatic carbocycles. The average molecular weight is 290 g/mol. The van der Waals surface area contributed by atoms with Crippen LogP contribution in [0.4, 0.5) is 0 Å². The summed E-state index contributed by atoms with van der Waals surface area (Å²) in [6, 6.07) is 5.69. The lowest BCUT2D eigenvalue weighted by Crippen LogP contribution is -2.33. The zero-order valence-corrected chi connectivity index (χ0v) is 11.6. The molecule has 6 nitrogen and oxygen atoms in total. The largest absolute Gasteiger partial charge is 0.479 e. The molecule has 2 aliphatic heterocycles. The molecule has 3 rings (SSSR count). The molecule has 6 heteroatoms. The van der Waals surface area contributed by atoms with Crippen molar-refractivity contribution in [3.63, 3.8) is 0 Å². The van der Waals surface area contributed by atoms with Gasteiger partial charge in [0, 0.05) is 25.2 Å². The molecule has 2 heterocycles. The Bertz CT molecular complexity index is 573. The fourth-order valence-electron chi connectivity index (χ4n) is 2.78. The van der Waals surface area contributed by atoms with Crippen LogP contribution in [0, 0.1) is 0 Å². The zero-order valence-electron chi connectivity index (χ0n) is 11.6. The van der Waals surface area contributed by atoms with E-state index in [1.807, 2.05) is 18.2 Å². The topological polar surface area (TPSA) is 87.7 Å². The second-order valence-electron chi connectivity index (χ2n) is 5.46. The summed E-state index contributed by atoms with van der Waals surface area (Å²) in [7, 11) is 0. The lowest BCUT2D eigenvalue weighted by molar-refractivity contribution is -0.149. The van der Waals surface area contributed by atoms with Crippen molar-refractivity contribution in [2.24, 2.45) is 0 Å². The summed E-state index contributed by atoms with van der Waals surface area (Å²) in [5, 5.41) is 14.9. The Morgan fingerprint density at radius 3 is 2.86 bits per heavy atom. The first-order valence-corrected chi connectivity index (χ1v) is 7.12. The third-order valence-corrected chi connectivity index (χ3v) is 3.97. The Hall–Kier alpha value is -1.92. The number of rotatable bonds is 4.